The van der Waals surface area contributed by atoms with Gasteiger partial charge in [-0.2, -0.15) is 0 Å². The highest BCUT2D eigenvalue weighted by Gasteiger charge is 2.67. The summed E-state index contributed by atoms with van der Waals surface area (Å²) in [7, 11) is 0. The minimum absolute atomic E-state index is 0.00831. The van der Waals surface area contributed by atoms with Crippen molar-refractivity contribution in [1.29, 1.82) is 0 Å². The second-order valence-electron chi connectivity index (χ2n) is 13.5. The summed E-state index contributed by atoms with van der Waals surface area (Å²) in [4.78, 5) is 13.3. The molecule has 10 atom stereocenters. The van der Waals surface area contributed by atoms with Gasteiger partial charge in [-0.1, -0.05) is 57.6 Å². The Bertz CT molecular complexity index is 1220. The quantitative estimate of drug-likeness (QED) is 0.429. The first kappa shape index (κ1) is 24.8. The first-order chi connectivity index (χ1) is 17.4. The van der Waals surface area contributed by atoms with E-state index in [0.717, 1.165) is 24.2 Å². The fourth-order valence-electron chi connectivity index (χ4n) is 9.79. The Morgan fingerprint density at radius 2 is 1.84 bits per heavy atom. The van der Waals surface area contributed by atoms with Crippen molar-refractivity contribution in [3.8, 4) is 5.75 Å². The molecule has 1 saturated heterocycles. The van der Waals surface area contributed by atoms with Gasteiger partial charge in [-0.25, -0.2) is 0 Å². The number of rotatable bonds is 1. The standard InChI is InChI=1S/C32H41NO4/c1-7-30(5)14-19(4)24-23-26(30)27(34)22-16-32(36,33-29(22)35)15-20-8-10-21(11-9-20)37-28(23)25-18(3)12-17(2)13-31(24,25)6/h7-11,14,17-18,23-26,28,34,36H,1,12-13,15-16H2,2-6H3,(H,33,35)/t17-,18+,23+,24-,25+,26+,28-,30+,31+,32-/m1/s1. The van der Waals surface area contributed by atoms with Crippen LogP contribution in [0.25, 0.3) is 0 Å². The first-order valence-electron chi connectivity index (χ1n) is 13.9. The Balaban J connectivity index is 1.63. The lowest BCUT2D eigenvalue weighted by molar-refractivity contribution is -0.120. The predicted molar refractivity (Wildman–Crippen MR) is 144 cm³/mol. The van der Waals surface area contributed by atoms with E-state index in [-0.39, 0.29) is 53.8 Å². The molecule has 5 heteroatoms. The van der Waals surface area contributed by atoms with Crippen molar-refractivity contribution in [2.24, 2.45) is 46.3 Å². The van der Waals surface area contributed by atoms with E-state index in [4.69, 9.17) is 4.74 Å². The van der Waals surface area contributed by atoms with Crippen LogP contribution >= 0.6 is 0 Å². The van der Waals surface area contributed by atoms with Crippen LogP contribution in [0.1, 0.15) is 59.4 Å². The summed E-state index contributed by atoms with van der Waals surface area (Å²) in [6.45, 7) is 15.7. The van der Waals surface area contributed by atoms with Crippen molar-refractivity contribution in [3.63, 3.8) is 0 Å². The third kappa shape index (κ3) is 3.49. The molecule has 3 aliphatic heterocycles. The predicted octanol–water partition coefficient (Wildman–Crippen LogP) is 5.71. The molecule has 0 aromatic heterocycles. The summed E-state index contributed by atoms with van der Waals surface area (Å²) in [5, 5.41) is 26.2. The van der Waals surface area contributed by atoms with Crippen molar-refractivity contribution in [2.75, 3.05) is 0 Å². The minimum Gasteiger partial charge on any atom is -0.511 e. The number of allylic oxidation sites excluding steroid dienone is 4. The summed E-state index contributed by atoms with van der Waals surface area (Å²) < 4.78 is 6.99. The molecular weight excluding hydrogens is 462 g/mol. The molecule has 3 heterocycles. The maximum absolute atomic E-state index is 13.3. The Morgan fingerprint density at radius 1 is 1.14 bits per heavy atom. The lowest BCUT2D eigenvalue weighted by Crippen LogP contribution is -2.46. The molecule has 4 bridgehead atoms. The number of aliphatic hydroxyl groups is 2. The van der Waals surface area contributed by atoms with E-state index in [1.54, 1.807) is 0 Å². The summed E-state index contributed by atoms with van der Waals surface area (Å²) in [5.74, 6) is 1.72. The molecule has 3 aliphatic carbocycles. The van der Waals surface area contributed by atoms with Gasteiger partial charge in [0.1, 0.15) is 23.3 Å². The maximum Gasteiger partial charge on any atom is 0.252 e. The van der Waals surface area contributed by atoms with E-state index < -0.39 is 11.1 Å². The molecule has 0 radical (unpaired) electrons. The van der Waals surface area contributed by atoms with Crippen LogP contribution in [-0.2, 0) is 11.2 Å². The second-order valence-corrected chi connectivity index (χ2v) is 13.5. The molecule has 5 nitrogen and oxygen atoms in total. The number of hydrogen-bond donors (Lipinski definition) is 3. The van der Waals surface area contributed by atoms with Crippen molar-refractivity contribution in [1.82, 2.24) is 5.32 Å². The SMILES string of the molecule is C=C[C@@]1(C)C=C(C)[C@@H]2[C@@H]3[C@@H](Oc4ccc(cc4)C[C@@]4(O)CC(=C(O)[C@H]31)C(=O)N4)[C@@H]1[C@@H](C)C[C@@H](C)C[C@]12C. The van der Waals surface area contributed by atoms with Gasteiger partial charge >= 0.3 is 0 Å². The van der Waals surface area contributed by atoms with E-state index in [2.05, 4.69) is 52.6 Å². The molecule has 0 spiro atoms. The summed E-state index contributed by atoms with van der Waals surface area (Å²) in [6, 6.07) is 7.95. The first-order valence-corrected chi connectivity index (χ1v) is 13.9. The highest BCUT2D eigenvalue weighted by molar-refractivity contribution is 5.97. The Kier molecular flexibility index (Phi) is 5.35. The van der Waals surface area contributed by atoms with Gasteiger partial charge in [0.15, 0.2) is 0 Å². The van der Waals surface area contributed by atoms with Crippen LogP contribution in [-0.4, -0.2) is 27.9 Å². The van der Waals surface area contributed by atoms with Crippen LogP contribution in [0.5, 0.6) is 5.75 Å². The Hall–Kier alpha value is -2.53. The number of fused-ring (bicyclic) bond motifs is 4. The minimum atomic E-state index is -1.43. The number of amides is 1. The third-order valence-corrected chi connectivity index (χ3v) is 10.7. The van der Waals surface area contributed by atoms with Gasteiger partial charge in [0.25, 0.3) is 5.91 Å². The molecule has 1 aromatic carbocycles. The van der Waals surface area contributed by atoms with E-state index in [1.165, 1.54) is 5.57 Å². The Morgan fingerprint density at radius 3 is 2.51 bits per heavy atom. The van der Waals surface area contributed by atoms with Crippen molar-refractivity contribution in [2.45, 2.75) is 72.1 Å². The molecule has 2 saturated carbocycles. The molecule has 3 N–H and O–H groups in total. The van der Waals surface area contributed by atoms with Gasteiger partial charge in [-0.15, -0.1) is 6.58 Å². The van der Waals surface area contributed by atoms with Crippen molar-refractivity contribution >= 4 is 5.91 Å². The summed E-state index contributed by atoms with van der Waals surface area (Å²) in [6.07, 6.45) is 6.69. The number of carbonyl (C=O) groups excluding carboxylic acids is 1. The van der Waals surface area contributed by atoms with E-state index >= 15 is 0 Å². The van der Waals surface area contributed by atoms with E-state index in [0.29, 0.717) is 23.3 Å². The summed E-state index contributed by atoms with van der Waals surface area (Å²) >= 11 is 0. The molecule has 0 unspecified atom stereocenters. The molecule has 1 amide bonds. The maximum atomic E-state index is 13.3. The van der Waals surface area contributed by atoms with Gasteiger partial charge in [-0.3, -0.25) is 4.79 Å². The second kappa shape index (κ2) is 7.99. The van der Waals surface area contributed by atoms with Gasteiger partial charge in [0, 0.05) is 36.0 Å². The van der Waals surface area contributed by atoms with Gasteiger partial charge in [0.2, 0.25) is 0 Å². The van der Waals surface area contributed by atoms with Crippen LogP contribution in [0, 0.1) is 46.3 Å². The van der Waals surface area contributed by atoms with E-state index in [9.17, 15) is 15.0 Å². The largest absolute Gasteiger partial charge is 0.511 e. The zero-order valence-corrected chi connectivity index (χ0v) is 22.8. The van der Waals surface area contributed by atoms with Crippen molar-refractivity contribution in [3.05, 3.63) is 65.5 Å². The average Bonchev–Trinajstić information content (AvgIpc) is 3.24. The number of hydrogen-bond acceptors (Lipinski definition) is 4. The fourth-order valence-corrected chi connectivity index (χ4v) is 9.79. The van der Waals surface area contributed by atoms with Gasteiger partial charge in [-0.05, 0) is 60.6 Å². The number of nitrogens with one attached hydrogen (secondary N) is 1. The number of ether oxygens (including phenoxy) is 1. The number of carbonyl (C=O) groups is 1. The number of benzene rings is 1. The molecule has 7 rings (SSSR count). The highest BCUT2D eigenvalue weighted by atomic mass is 16.5. The molecule has 3 fully saturated rings. The van der Waals surface area contributed by atoms with E-state index in [1.807, 2.05) is 30.3 Å². The number of aliphatic hydroxyl groups excluding tert-OH is 1. The molecule has 1 aromatic rings. The van der Waals surface area contributed by atoms with Crippen molar-refractivity contribution < 1.29 is 19.7 Å². The molecule has 37 heavy (non-hydrogen) atoms. The Labute approximate surface area is 220 Å². The average molecular weight is 504 g/mol. The van der Waals surface area contributed by atoms with Crippen LogP contribution in [0.2, 0.25) is 0 Å². The molecular formula is C32H41NO4. The van der Waals surface area contributed by atoms with Gasteiger partial charge in [0.05, 0.1) is 5.57 Å². The molecule has 198 valence electrons. The molecule has 6 aliphatic rings. The lowest BCUT2D eigenvalue weighted by atomic mass is 9.54. The van der Waals surface area contributed by atoms with Crippen LogP contribution in [0.4, 0.5) is 0 Å². The summed E-state index contributed by atoms with van der Waals surface area (Å²) in [5.41, 5.74) is 0.549. The van der Waals surface area contributed by atoms with Crippen LogP contribution in [0.15, 0.2) is 59.9 Å². The van der Waals surface area contributed by atoms with Gasteiger partial charge < -0.3 is 20.3 Å². The fraction of sp³-hybridized carbons (Fsp3) is 0.594. The third-order valence-electron chi connectivity index (χ3n) is 10.7. The zero-order valence-electron chi connectivity index (χ0n) is 22.8. The monoisotopic (exact) mass is 503 g/mol. The zero-order chi connectivity index (χ0) is 26.5. The van der Waals surface area contributed by atoms with Crippen LogP contribution < -0.4 is 10.1 Å². The smallest absolute Gasteiger partial charge is 0.252 e. The highest BCUT2D eigenvalue weighted by Crippen LogP contribution is 2.69. The topological polar surface area (TPSA) is 78.8 Å². The lowest BCUT2D eigenvalue weighted by Gasteiger charge is -2.50. The normalized spacial score (nSPS) is 46.5. The van der Waals surface area contributed by atoms with Crippen LogP contribution in [0.3, 0.4) is 0 Å².